The normalized spacial score (nSPS) is 11.0. The van der Waals surface area contributed by atoms with Gasteiger partial charge in [-0.15, -0.1) is 0 Å². The van der Waals surface area contributed by atoms with Crippen molar-refractivity contribution in [2.45, 2.75) is 26.7 Å². The maximum atomic E-state index is 12.6. The van der Waals surface area contributed by atoms with Crippen LogP contribution >= 0.6 is 0 Å². The minimum atomic E-state index is 0.000520. The average molecular weight is 310 g/mol. The molecule has 1 amide bonds. The van der Waals surface area contributed by atoms with Crippen molar-refractivity contribution in [1.29, 1.82) is 0 Å². The first-order valence-corrected chi connectivity index (χ1v) is 8.16. The lowest BCUT2D eigenvalue weighted by Gasteiger charge is -2.19. The number of rotatable bonds is 6. The van der Waals surface area contributed by atoms with Crippen molar-refractivity contribution >= 4 is 11.4 Å². The van der Waals surface area contributed by atoms with E-state index in [1.807, 2.05) is 54.5 Å². The molecule has 3 heterocycles. The lowest BCUT2D eigenvalue weighted by molar-refractivity contribution is 0.0756. The highest BCUT2D eigenvalue weighted by Gasteiger charge is 2.17. The molecule has 0 aromatic carbocycles. The first kappa shape index (κ1) is 15.3. The van der Waals surface area contributed by atoms with E-state index in [1.165, 1.54) is 0 Å². The third kappa shape index (κ3) is 2.99. The highest BCUT2D eigenvalue weighted by atomic mass is 16.2. The molecule has 5 heteroatoms. The molecule has 0 spiro atoms. The van der Waals surface area contributed by atoms with Crippen LogP contribution in [0, 0.1) is 0 Å². The van der Waals surface area contributed by atoms with E-state index >= 15 is 0 Å². The molecule has 0 N–H and O–H groups in total. The lowest BCUT2D eigenvalue weighted by atomic mass is 10.3. The summed E-state index contributed by atoms with van der Waals surface area (Å²) in [5.74, 6) is 0.928. The molecule has 120 valence electrons. The first-order chi connectivity index (χ1) is 11.2. The Bertz CT molecular complexity index is 802. The largest absolute Gasteiger partial charge is 0.338 e. The van der Waals surface area contributed by atoms with E-state index < -0.39 is 0 Å². The Kier molecular flexibility index (Phi) is 4.46. The van der Waals surface area contributed by atoms with Gasteiger partial charge in [0, 0.05) is 31.0 Å². The van der Waals surface area contributed by atoms with Gasteiger partial charge in [-0.3, -0.25) is 4.79 Å². The van der Waals surface area contributed by atoms with Gasteiger partial charge in [-0.25, -0.2) is 4.68 Å². The minimum absolute atomic E-state index is 0.000520. The van der Waals surface area contributed by atoms with E-state index in [0.29, 0.717) is 12.2 Å². The summed E-state index contributed by atoms with van der Waals surface area (Å²) < 4.78 is 3.81. The monoisotopic (exact) mass is 310 g/mol. The summed E-state index contributed by atoms with van der Waals surface area (Å²) in [6.07, 6.45) is 5.93. The van der Waals surface area contributed by atoms with Crippen molar-refractivity contribution in [3.63, 3.8) is 0 Å². The molecule has 0 aliphatic carbocycles. The van der Waals surface area contributed by atoms with Crippen LogP contribution in [0.5, 0.6) is 0 Å². The molecule has 5 nitrogen and oxygen atoms in total. The fourth-order valence-corrected chi connectivity index (χ4v) is 2.71. The van der Waals surface area contributed by atoms with E-state index in [1.54, 1.807) is 10.7 Å². The molecule has 23 heavy (non-hydrogen) atoms. The van der Waals surface area contributed by atoms with Gasteiger partial charge < -0.3 is 9.30 Å². The number of fused-ring (bicyclic) bond motifs is 1. The van der Waals surface area contributed by atoms with Gasteiger partial charge in [0.15, 0.2) is 5.69 Å². The molecule has 0 bridgehead atoms. The summed E-state index contributed by atoms with van der Waals surface area (Å²) in [4.78, 5) is 14.4. The standard InChI is InChI=1S/C18H22N4O/c1-3-5-12-20(4-2)18(23)16-11-14-22(19-16)17-10-9-15-8-6-7-13-21(15)17/h6-11,13-14H,3-5,12H2,1-2H3. The Morgan fingerprint density at radius 3 is 2.78 bits per heavy atom. The fraction of sp³-hybridized carbons (Fsp3) is 0.333. The van der Waals surface area contributed by atoms with Gasteiger partial charge in [0.25, 0.3) is 5.91 Å². The van der Waals surface area contributed by atoms with E-state index in [-0.39, 0.29) is 5.91 Å². The van der Waals surface area contributed by atoms with Crippen LogP contribution in [0.4, 0.5) is 0 Å². The number of hydrogen-bond donors (Lipinski definition) is 0. The van der Waals surface area contributed by atoms with Crippen LogP contribution < -0.4 is 0 Å². The third-order valence-electron chi connectivity index (χ3n) is 4.03. The number of amides is 1. The van der Waals surface area contributed by atoms with Crippen molar-refractivity contribution in [2.75, 3.05) is 13.1 Å². The van der Waals surface area contributed by atoms with Crippen molar-refractivity contribution < 1.29 is 4.79 Å². The molecule has 0 radical (unpaired) electrons. The van der Waals surface area contributed by atoms with E-state index in [2.05, 4.69) is 16.4 Å². The number of hydrogen-bond acceptors (Lipinski definition) is 2. The number of aromatic nitrogens is 3. The Morgan fingerprint density at radius 1 is 1.13 bits per heavy atom. The van der Waals surface area contributed by atoms with Gasteiger partial charge >= 0.3 is 0 Å². The third-order valence-corrected chi connectivity index (χ3v) is 4.03. The van der Waals surface area contributed by atoms with Crippen LogP contribution in [-0.4, -0.2) is 38.1 Å². The van der Waals surface area contributed by atoms with Crippen LogP contribution in [0.25, 0.3) is 11.3 Å². The van der Waals surface area contributed by atoms with Crippen LogP contribution in [0.1, 0.15) is 37.2 Å². The molecule has 3 rings (SSSR count). The number of pyridine rings is 1. The number of nitrogens with zero attached hydrogens (tertiary/aromatic N) is 4. The van der Waals surface area contributed by atoms with Gasteiger partial charge in [-0.05, 0) is 43.7 Å². The van der Waals surface area contributed by atoms with Gasteiger partial charge in [-0.2, -0.15) is 5.10 Å². The van der Waals surface area contributed by atoms with Crippen LogP contribution in [0.2, 0.25) is 0 Å². The number of carbonyl (C=O) groups excluding carboxylic acids is 1. The van der Waals surface area contributed by atoms with Gasteiger partial charge in [0.2, 0.25) is 0 Å². The van der Waals surface area contributed by atoms with Crippen LogP contribution in [-0.2, 0) is 0 Å². The molecule has 3 aromatic heterocycles. The van der Waals surface area contributed by atoms with Crippen molar-refractivity contribution in [1.82, 2.24) is 19.1 Å². The van der Waals surface area contributed by atoms with E-state index in [4.69, 9.17) is 0 Å². The Labute approximate surface area is 136 Å². The topological polar surface area (TPSA) is 42.5 Å². The highest BCUT2D eigenvalue weighted by molar-refractivity contribution is 5.92. The average Bonchev–Trinajstić information content (AvgIpc) is 3.22. The quantitative estimate of drug-likeness (QED) is 0.700. The molecule has 0 fully saturated rings. The molecular formula is C18H22N4O. The summed E-state index contributed by atoms with van der Waals surface area (Å²) in [7, 11) is 0. The summed E-state index contributed by atoms with van der Waals surface area (Å²) in [6.45, 7) is 5.63. The fourth-order valence-electron chi connectivity index (χ4n) is 2.71. The Morgan fingerprint density at radius 2 is 2.00 bits per heavy atom. The summed E-state index contributed by atoms with van der Waals surface area (Å²) in [5.41, 5.74) is 1.60. The first-order valence-electron chi connectivity index (χ1n) is 8.16. The predicted molar refractivity (Wildman–Crippen MR) is 91.0 cm³/mol. The highest BCUT2D eigenvalue weighted by Crippen LogP contribution is 2.14. The SMILES string of the molecule is CCCCN(CC)C(=O)c1ccn(-c2ccc3ccccn23)n1. The summed E-state index contributed by atoms with van der Waals surface area (Å²) in [5, 5.41) is 4.48. The van der Waals surface area contributed by atoms with Gasteiger partial charge in [0.05, 0.1) is 0 Å². The smallest absolute Gasteiger partial charge is 0.274 e. The molecular weight excluding hydrogens is 288 g/mol. The molecule has 0 unspecified atom stereocenters. The molecule has 0 atom stereocenters. The maximum Gasteiger partial charge on any atom is 0.274 e. The molecule has 0 aliphatic rings. The van der Waals surface area contributed by atoms with Gasteiger partial charge in [0.1, 0.15) is 5.82 Å². The summed E-state index contributed by atoms with van der Waals surface area (Å²) in [6, 6.07) is 11.9. The van der Waals surface area contributed by atoms with Crippen molar-refractivity contribution in [2.24, 2.45) is 0 Å². The second-order valence-corrected chi connectivity index (χ2v) is 5.57. The zero-order valence-corrected chi connectivity index (χ0v) is 13.6. The molecule has 0 saturated carbocycles. The van der Waals surface area contributed by atoms with Gasteiger partial charge in [-0.1, -0.05) is 19.4 Å². The summed E-state index contributed by atoms with van der Waals surface area (Å²) >= 11 is 0. The Balaban J connectivity index is 1.86. The zero-order valence-electron chi connectivity index (χ0n) is 13.6. The number of carbonyl (C=O) groups is 1. The zero-order chi connectivity index (χ0) is 16.2. The molecule has 0 saturated heterocycles. The van der Waals surface area contributed by atoms with Crippen molar-refractivity contribution in [3.05, 3.63) is 54.5 Å². The molecule has 0 aliphatic heterocycles. The van der Waals surface area contributed by atoms with Crippen molar-refractivity contribution in [3.8, 4) is 5.82 Å². The number of unbranched alkanes of at least 4 members (excludes halogenated alkanes) is 1. The predicted octanol–water partition coefficient (Wildman–Crippen LogP) is 3.39. The maximum absolute atomic E-state index is 12.6. The Hall–Kier alpha value is -2.56. The second-order valence-electron chi connectivity index (χ2n) is 5.57. The van der Waals surface area contributed by atoms with E-state index in [0.717, 1.165) is 30.7 Å². The lowest BCUT2D eigenvalue weighted by Crippen LogP contribution is -2.32. The van der Waals surface area contributed by atoms with Crippen LogP contribution in [0.3, 0.4) is 0 Å². The minimum Gasteiger partial charge on any atom is -0.338 e. The van der Waals surface area contributed by atoms with Crippen LogP contribution in [0.15, 0.2) is 48.8 Å². The van der Waals surface area contributed by atoms with E-state index in [9.17, 15) is 4.79 Å². The molecule has 3 aromatic rings. The second kappa shape index (κ2) is 6.69.